The molecule has 2 N–H and O–H groups in total. The molecule has 0 aliphatic rings. The Hall–Kier alpha value is -3.30. The number of rotatable bonds is 10. The molecule has 10 nitrogen and oxygen atoms in total. The van der Waals surface area contributed by atoms with Crippen LogP contribution in [0.15, 0.2) is 24.3 Å². The van der Waals surface area contributed by atoms with Crippen LogP contribution in [-0.2, 0) is 35.0 Å². The van der Waals surface area contributed by atoms with Crippen molar-refractivity contribution in [1.29, 1.82) is 0 Å². The zero-order valence-corrected chi connectivity index (χ0v) is 19.4. The second kappa shape index (κ2) is 12.5. The van der Waals surface area contributed by atoms with Gasteiger partial charge in [-0.05, 0) is 44.9 Å². The molecule has 0 bridgehead atoms. The van der Waals surface area contributed by atoms with E-state index in [4.69, 9.17) is 14.2 Å². The number of esters is 2. The quantitative estimate of drug-likeness (QED) is 0.406. The summed E-state index contributed by atoms with van der Waals surface area (Å²) in [4.78, 5) is 48.8. The van der Waals surface area contributed by atoms with E-state index in [-0.39, 0.29) is 19.3 Å². The lowest BCUT2D eigenvalue weighted by molar-refractivity contribution is -0.146. The average Bonchev–Trinajstić information content (AvgIpc) is 2.74. The molecule has 0 fully saturated rings. The highest BCUT2D eigenvalue weighted by molar-refractivity contribution is 5.90. The minimum absolute atomic E-state index is 0.0211. The Balaban J connectivity index is 3.02. The van der Waals surface area contributed by atoms with Crippen molar-refractivity contribution in [3.8, 4) is 5.75 Å². The number of methoxy groups -OCH3 is 3. The van der Waals surface area contributed by atoms with E-state index in [1.54, 1.807) is 45.0 Å². The molecule has 0 heterocycles. The predicted octanol–water partition coefficient (Wildman–Crippen LogP) is 1.74. The molecule has 0 saturated carbocycles. The van der Waals surface area contributed by atoms with Gasteiger partial charge in [-0.25, -0.2) is 9.59 Å². The fourth-order valence-corrected chi connectivity index (χ4v) is 2.68. The summed E-state index contributed by atoms with van der Waals surface area (Å²) < 4.78 is 19.7. The summed E-state index contributed by atoms with van der Waals surface area (Å²) in [6.45, 7) is 5.10. The molecule has 0 aromatic heterocycles. The number of hydrogen-bond donors (Lipinski definition) is 2. The van der Waals surface area contributed by atoms with Crippen LogP contribution in [0.3, 0.4) is 0 Å². The maximum absolute atomic E-state index is 13.0. The monoisotopic (exact) mass is 452 g/mol. The third kappa shape index (κ3) is 9.67. The van der Waals surface area contributed by atoms with E-state index in [0.717, 1.165) is 5.56 Å². The Morgan fingerprint density at radius 3 is 2.03 bits per heavy atom. The number of carbonyl (C=O) groups excluding carboxylic acids is 4. The smallest absolute Gasteiger partial charge is 0.408 e. The van der Waals surface area contributed by atoms with Gasteiger partial charge in [-0.1, -0.05) is 12.1 Å². The van der Waals surface area contributed by atoms with Crippen LogP contribution in [0, 0.1) is 0 Å². The minimum Gasteiger partial charge on any atom is -0.497 e. The van der Waals surface area contributed by atoms with Crippen LogP contribution in [0.2, 0.25) is 0 Å². The molecule has 2 atom stereocenters. The molecule has 1 aromatic carbocycles. The second-order valence-electron chi connectivity index (χ2n) is 7.95. The molecule has 0 unspecified atom stereocenters. The average molecular weight is 453 g/mol. The molecule has 178 valence electrons. The summed E-state index contributed by atoms with van der Waals surface area (Å²) >= 11 is 0. The highest BCUT2D eigenvalue weighted by Gasteiger charge is 2.29. The summed E-state index contributed by atoms with van der Waals surface area (Å²) in [7, 11) is 3.94. The standard InChI is InChI=1S/C22H32N2O8/c1-22(2,3)32-21(28)24-17(13-14-7-9-15(29-4)10-8-14)19(26)23-16(20(27)31-6)11-12-18(25)30-5/h7-10,16-17H,11-13H2,1-6H3,(H,23,26)(H,24,28)/t16-,17-/m0/s1. The number of alkyl carbamates (subject to hydrolysis) is 1. The van der Waals surface area contributed by atoms with Gasteiger partial charge in [0.15, 0.2) is 0 Å². The van der Waals surface area contributed by atoms with Crippen LogP contribution in [0.4, 0.5) is 4.79 Å². The summed E-state index contributed by atoms with van der Waals surface area (Å²) in [6.07, 6.45) is -0.776. The van der Waals surface area contributed by atoms with Crippen LogP contribution in [0.1, 0.15) is 39.2 Å². The number of benzene rings is 1. The Labute approximate surface area is 187 Å². The van der Waals surface area contributed by atoms with Gasteiger partial charge in [0, 0.05) is 12.8 Å². The third-order valence-electron chi connectivity index (χ3n) is 4.27. The number of nitrogens with one attached hydrogen (secondary N) is 2. The van der Waals surface area contributed by atoms with Crippen molar-refractivity contribution in [1.82, 2.24) is 10.6 Å². The van der Waals surface area contributed by atoms with Crippen molar-refractivity contribution in [2.24, 2.45) is 0 Å². The molecule has 10 heteroatoms. The van der Waals surface area contributed by atoms with Crippen molar-refractivity contribution in [2.45, 2.75) is 57.7 Å². The molecule has 0 radical (unpaired) electrons. The van der Waals surface area contributed by atoms with Gasteiger partial charge in [0.25, 0.3) is 0 Å². The Morgan fingerprint density at radius 2 is 1.53 bits per heavy atom. The summed E-state index contributed by atoms with van der Waals surface area (Å²) in [6, 6.07) is 4.82. The molecule has 0 spiro atoms. The van der Waals surface area contributed by atoms with Crippen molar-refractivity contribution < 1.29 is 38.1 Å². The van der Waals surface area contributed by atoms with Crippen molar-refractivity contribution in [2.75, 3.05) is 21.3 Å². The normalized spacial score (nSPS) is 12.7. The second-order valence-corrected chi connectivity index (χ2v) is 7.95. The van der Waals surface area contributed by atoms with Crippen LogP contribution in [0.25, 0.3) is 0 Å². The molecule has 2 amide bonds. The first-order valence-electron chi connectivity index (χ1n) is 10.1. The van der Waals surface area contributed by atoms with Gasteiger partial charge in [0.05, 0.1) is 21.3 Å². The first kappa shape index (κ1) is 26.7. The maximum Gasteiger partial charge on any atom is 0.408 e. The van der Waals surface area contributed by atoms with E-state index in [2.05, 4.69) is 15.4 Å². The number of hydrogen-bond acceptors (Lipinski definition) is 8. The molecular formula is C22H32N2O8. The molecule has 1 aromatic rings. The Bertz CT molecular complexity index is 786. The van der Waals surface area contributed by atoms with Gasteiger partial charge in [-0.15, -0.1) is 0 Å². The van der Waals surface area contributed by atoms with Gasteiger partial charge in [-0.3, -0.25) is 9.59 Å². The maximum atomic E-state index is 13.0. The summed E-state index contributed by atoms with van der Waals surface area (Å²) in [5.74, 6) is -1.24. The predicted molar refractivity (Wildman–Crippen MR) is 115 cm³/mol. The van der Waals surface area contributed by atoms with E-state index in [9.17, 15) is 19.2 Å². The van der Waals surface area contributed by atoms with Crippen LogP contribution < -0.4 is 15.4 Å². The Morgan fingerprint density at radius 1 is 0.906 bits per heavy atom. The first-order valence-corrected chi connectivity index (χ1v) is 10.1. The highest BCUT2D eigenvalue weighted by Crippen LogP contribution is 2.14. The topological polar surface area (TPSA) is 129 Å². The van der Waals surface area contributed by atoms with Gasteiger partial charge < -0.3 is 29.6 Å². The van der Waals surface area contributed by atoms with Gasteiger partial charge in [0.2, 0.25) is 5.91 Å². The molecule has 0 aliphatic heterocycles. The zero-order chi connectivity index (χ0) is 24.3. The van der Waals surface area contributed by atoms with Crippen LogP contribution in [-0.4, -0.2) is 63.0 Å². The molecule has 0 aliphatic carbocycles. The molecule has 1 rings (SSSR count). The number of carbonyl (C=O) groups is 4. The van der Waals surface area contributed by atoms with E-state index in [0.29, 0.717) is 5.75 Å². The highest BCUT2D eigenvalue weighted by atomic mass is 16.6. The largest absolute Gasteiger partial charge is 0.497 e. The molecule has 0 saturated heterocycles. The fourth-order valence-electron chi connectivity index (χ4n) is 2.68. The SMILES string of the molecule is COC(=O)CC[C@H](NC(=O)[C@H](Cc1ccc(OC)cc1)NC(=O)OC(C)(C)C)C(=O)OC. The lowest BCUT2D eigenvalue weighted by Crippen LogP contribution is -2.53. The lowest BCUT2D eigenvalue weighted by atomic mass is 10.0. The third-order valence-corrected chi connectivity index (χ3v) is 4.27. The van der Waals surface area contributed by atoms with Crippen molar-refractivity contribution >= 4 is 23.9 Å². The van der Waals surface area contributed by atoms with E-state index in [1.165, 1.54) is 21.3 Å². The number of amides is 2. The number of ether oxygens (including phenoxy) is 4. The van der Waals surface area contributed by atoms with E-state index in [1.807, 2.05) is 0 Å². The van der Waals surface area contributed by atoms with Gasteiger partial charge >= 0.3 is 18.0 Å². The zero-order valence-electron chi connectivity index (χ0n) is 19.4. The van der Waals surface area contributed by atoms with Crippen LogP contribution in [0.5, 0.6) is 5.75 Å². The van der Waals surface area contributed by atoms with Crippen molar-refractivity contribution in [3.05, 3.63) is 29.8 Å². The fraction of sp³-hybridized carbons (Fsp3) is 0.545. The van der Waals surface area contributed by atoms with E-state index >= 15 is 0 Å². The minimum atomic E-state index is -1.09. The summed E-state index contributed by atoms with van der Waals surface area (Å²) in [5.41, 5.74) is -0.0218. The lowest BCUT2D eigenvalue weighted by Gasteiger charge is -2.25. The van der Waals surface area contributed by atoms with Crippen molar-refractivity contribution in [3.63, 3.8) is 0 Å². The van der Waals surface area contributed by atoms with E-state index < -0.39 is 41.6 Å². The van der Waals surface area contributed by atoms with Crippen LogP contribution >= 0.6 is 0 Å². The first-order chi connectivity index (χ1) is 15.0. The summed E-state index contributed by atoms with van der Waals surface area (Å²) in [5, 5.41) is 5.08. The molecular weight excluding hydrogens is 420 g/mol. The molecule has 32 heavy (non-hydrogen) atoms. The Kier molecular flexibility index (Phi) is 10.5. The van der Waals surface area contributed by atoms with Gasteiger partial charge in [-0.2, -0.15) is 0 Å². The van der Waals surface area contributed by atoms with Gasteiger partial charge in [0.1, 0.15) is 23.4 Å².